The molecule has 0 fully saturated rings. The first-order chi connectivity index (χ1) is 4.27. The molecule has 2 nitrogen and oxygen atoms in total. The van der Waals surface area contributed by atoms with Crippen molar-refractivity contribution in [3.63, 3.8) is 0 Å². The fraction of sp³-hybridized carbons (Fsp3) is 0.571. The predicted molar refractivity (Wildman–Crippen MR) is 41.6 cm³/mol. The molecule has 0 amide bonds. The Morgan fingerprint density at radius 1 is 1.44 bits per heavy atom. The molecule has 0 unspecified atom stereocenters. The largest absolute Gasteiger partial charge is 0.303 e. The summed E-state index contributed by atoms with van der Waals surface area (Å²) < 4.78 is 0. The number of rotatable bonds is 3. The van der Waals surface area contributed by atoms with Crippen LogP contribution in [0, 0.1) is 0 Å². The monoisotopic (exact) mass is 126 g/mol. The normalized spacial score (nSPS) is 11.4. The molecule has 0 aliphatic rings. The maximum absolute atomic E-state index is 3.98. The van der Waals surface area contributed by atoms with Crippen LogP contribution in [0.4, 0.5) is 0 Å². The molecule has 0 N–H and O–H groups in total. The van der Waals surface area contributed by atoms with Crippen molar-refractivity contribution in [1.29, 1.82) is 0 Å². The predicted octanol–water partition coefficient (Wildman–Crippen LogP) is 1.50. The molecule has 0 saturated carbocycles. The van der Waals surface area contributed by atoms with E-state index in [9.17, 15) is 0 Å². The van der Waals surface area contributed by atoms with Crippen molar-refractivity contribution in [1.82, 2.24) is 5.01 Å². The zero-order valence-corrected chi connectivity index (χ0v) is 6.33. The highest BCUT2D eigenvalue weighted by Gasteiger charge is 1.70. The summed E-state index contributed by atoms with van der Waals surface area (Å²) in [5.41, 5.74) is 0. The lowest BCUT2D eigenvalue weighted by molar-refractivity contribution is 0.440. The van der Waals surface area contributed by atoms with E-state index < -0.39 is 0 Å². The van der Waals surface area contributed by atoms with Gasteiger partial charge in [-0.2, -0.15) is 5.10 Å². The maximum Gasteiger partial charge on any atom is 0.0467 e. The molecular weight excluding hydrogens is 112 g/mol. The van der Waals surface area contributed by atoms with Gasteiger partial charge in [0, 0.05) is 20.3 Å². The van der Waals surface area contributed by atoms with Crippen molar-refractivity contribution in [3.8, 4) is 0 Å². The third-order valence-corrected chi connectivity index (χ3v) is 0.755. The van der Waals surface area contributed by atoms with Gasteiger partial charge >= 0.3 is 0 Å². The molecule has 2 heteroatoms. The third kappa shape index (κ3) is 7.21. The lowest BCUT2D eigenvalue weighted by Gasteiger charge is -1.99. The smallest absolute Gasteiger partial charge is 0.0467 e. The quantitative estimate of drug-likeness (QED) is 0.413. The van der Waals surface area contributed by atoms with E-state index in [1.807, 2.05) is 20.2 Å². The molecule has 0 aliphatic heterocycles. The van der Waals surface area contributed by atoms with Crippen LogP contribution >= 0.6 is 0 Å². The van der Waals surface area contributed by atoms with Crippen LogP contribution in [0.15, 0.2) is 17.3 Å². The molecule has 9 heavy (non-hydrogen) atoms. The molecule has 0 saturated heterocycles. The van der Waals surface area contributed by atoms with Gasteiger partial charge in [0.05, 0.1) is 0 Å². The van der Waals surface area contributed by atoms with E-state index in [0.29, 0.717) is 0 Å². The minimum atomic E-state index is 1.07. The molecular formula is C7H14N2. The SMILES string of the molecule is CC/C=C/C=N/N(C)C. The Kier molecular flexibility index (Phi) is 4.88. The van der Waals surface area contributed by atoms with Crippen molar-refractivity contribution < 1.29 is 0 Å². The molecule has 0 radical (unpaired) electrons. The Hall–Kier alpha value is -0.790. The van der Waals surface area contributed by atoms with Gasteiger partial charge < -0.3 is 5.01 Å². The molecule has 0 spiro atoms. The summed E-state index contributed by atoms with van der Waals surface area (Å²) in [6, 6.07) is 0. The highest BCUT2D eigenvalue weighted by molar-refractivity contribution is 5.70. The molecule has 0 rings (SSSR count). The third-order valence-electron chi connectivity index (χ3n) is 0.755. The van der Waals surface area contributed by atoms with E-state index >= 15 is 0 Å². The van der Waals surface area contributed by atoms with Gasteiger partial charge in [-0.25, -0.2) is 0 Å². The Labute approximate surface area is 56.9 Å². The minimum Gasteiger partial charge on any atom is -0.303 e. The molecule has 0 aliphatic carbocycles. The second-order valence-electron chi connectivity index (χ2n) is 1.95. The number of hydrogen-bond acceptors (Lipinski definition) is 2. The van der Waals surface area contributed by atoms with Crippen LogP contribution in [0.5, 0.6) is 0 Å². The second-order valence-corrected chi connectivity index (χ2v) is 1.95. The number of nitrogens with zero attached hydrogens (tertiary/aromatic N) is 2. The number of hydrogen-bond donors (Lipinski definition) is 0. The van der Waals surface area contributed by atoms with Crippen molar-refractivity contribution in [2.45, 2.75) is 13.3 Å². The summed E-state index contributed by atoms with van der Waals surface area (Å²) in [6.07, 6.45) is 6.86. The Morgan fingerprint density at radius 3 is 2.56 bits per heavy atom. The lowest BCUT2D eigenvalue weighted by atomic mass is 10.4. The Morgan fingerprint density at radius 2 is 2.11 bits per heavy atom. The summed E-state index contributed by atoms with van der Waals surface area (Å²) in [7, 11) is 3.80. The molecule has 52 valence electrons. The molecule has 0 atom stereocenters. The summed E-state index contributed by atoms with van der Waals surface area (Å²) in [6.45, 7) is 2.10. The van der Waals surface area contributed by atoms with E-state index in [0.717, 1.165) is 6.42 Å². The fourth-order valence-electron chi connectivity index (χ4n) is 0.369. The van der Waals surface area contributed by atoms with Crippen molar-refractivity contribution in [2.75, 3.05) is 14.1 Å². The van der Waals surface area contributed by atoms with Crippen LogP contribution in [-0.4, -0.2) is 25.3 Å². The average Bonchev–Trinajstić information content (AvgIpc) is 1.80. The molecule has 0 bridgehead atoms. The van der Waals surface area contributed by atoms with Crippen molar-refractivity contribution >= 4 is 6.21 Å². The summed E-state index contributed by atoms with van der Waals surface area (Å²) in [5.74, 6) is 0. The lowest BCUT2D eigenvalue weighted by Crippen LogP contribution is -2.00. The van der Waals surface area contributed by atoms with E-state index in [4.69, 9.17) is 0 Å². The minimum absolute atomic E-state index is 1.07. The molecule has 0 aromatic carbocycles. The average molecular weight is 126 g/mol. The first kappa shape index (κ1) is 8.21. The van der Waals surface area contributed by atoms with Gasteiger partial charge in [0.2, 0.25) is 0 Å². The van der Waals surface area contributed by atoms with Crippen LogP contribution in [0.2, 0.25) is 0 Å². The van der Waals surface area contributed by atoms with Crippen LogP contribution < -0.4 is 0 Å². The topological polar surface area (TPSA) is 15.6 Å². The fourth-order valence-corrected chi connectivity index (χ4v) is 0.369. The van der Waals surface area contributed by atoms with Gasteiger partial charge in [0.15, 0.2) is 0 Å². The van der Waals surface area contributed by atoms with E-state index in [-0.39, 0.29) is 0 Å². The van der Waals surface area contributed by atoms with E-state index in [2.05, 4.69) is 18.1 Å². The Bertz CT molecular complexity index is 103. The van der Waals surface area contributed by atoms with Gasteiger partial charge in [0.25, 0.3) is 0 Å². The first-order valence-electron chi connectivity index (χ1n) is 3.13. The van der Waals surface area contributed by atoms with Crippen molar-refractivity contribution in [3.05, 3.63) is 12.2 Å². The van der Waals surface area contributed by atoms with E-state index in [1.165, 1.54) is 0 Å². The zero-order chi connectivity index (χ0) is 7.11. The maximum atomic E-state index is 3.98. The van der Waals surface area contributed by atoms with Gasteiger partial charge in [-0.15, -0.1) is 0 Å². The van der Waals surface area contributed by atoms with E-state index in [1.54, 1.807) is 11.2 Å². The molecule has 0 aromatic rings. The molecule has 0 aromatic heterocycles. The Balaban J connectivity index is 3.35. The van der Waals surface area contributed by atoms with Crippen LogP contribution in [0.1, 0.15) is 13.3 Å². The van der Waals surface area contributed by atoms with Crippen LogP contribution in [0.25, 0.3) is 0 Å². The second kappa shape index (κ2) is 5.35. The summed E-state index contributed by atoms with van der Waals surface area (Å²) >= 11 is 0. The standard InChI is InChI=1S/C7H14N2/c1-4-5-6-7-8-9(2)3/h5-7H,4H2,1-3H3/b6-5+,8-7+. The van der Waals surface area contributed by atoms with Gasteiger partial charge in [-0.3, -0.25) is 0 Å². The number of allylic oxidation sites excluding steroid dienone is 2. The highest BCUT2D eigenvalue weighted by atomic mass is 15.4. The van der Waals surface area contributed by atoms with Crippen molar-refractivity contribution in [2.24, 2.45) is 5.10 Å². The zero-order valence-electron chi connectivity index (χ0n) is 6.33. The first-order valence-corrected chi connectivity index (χ1v) is 3.13. The van der Waals surface area contributed by atoms with Gasteiger partial charge in [-0.1, -0.05) is 13.0 Å². The van der Waals surface area contributed by atoms with Crippen LogP contribution in [-0.2, 0) is 0 Å². The molecule has 0 heterocycles. The summed E-state index contributed by atoms with van der Waals surface area (Å²) in [4.78, 5) is 0. The van der Waals surface area contributed by atoms with Gasteiger partial charge in [0.1, 0.15) is 0 Å². The summed E-state index contributed by atoms with van der Waals surface area (Å²) in [5, 5.41) is 5.75. The van der Waals surface area contributed by atoms with Gasteiger partial charge in [-0.05, 0) is 12.5 Å². The number of hydrazone groups is 1. The van der Waals surface area contributed by atoms with Crippen LogP contribution in [0.3, 0.4) is 0 Å². The highest BCUT2D eigenvalue weighted by Crippen LogP contribution is 1.77.